The third-order valence-electron chi connectivity index (χ3n) is 4.20. The molecule has 0 saturated carbocycles. The first-order chi connectivity index (χ1) is 12.8. The predicted octanol–water partition coefficient (Wildman–Crippen LogP) is 3.68. The number of nitrogens with zero attached hydrogens (tertiary/aromatic N) is 1. The number of aryl methyl sites for hydroxylation is 1. The first kappa shape index (κ1) is 20.9. The lowest BCUT2D eigenvalue weighted by molar-refractivity contribution is 0.102. The Bertz CT molecular complexity index is 906. The van der Waals surface area contributed by atoms with E-state index in [1.165, 1.54) is 10.4 Å². The third kappa shape index (κ3) is 4.67. The van der Waals surface area contributed by atoms with Gasteiger partial charge in [0.1, 0.15) is 5.75 Å². The van der Waals surface area contributed by atoms with Crippen LogP contribution in [0.3, 0.4) is 0 Å². The van der Waals surface area contributed by atoms with E-state index in [4.69, 9.17) is 4.74 Å². The number of carbonyl (C=O) groups is 1. The van der Waals surface area contributed by atoms with Gasteiger partial charge in [-0.25, -0.2) is 8.42 Å². The number of carbonyl (C=O) groups excluding carboxylic acids is 1. The van der Waals surface area contributed by atoms with E-state index in [1.807, 2.05) is 6.92 Å². The van der Waals surface area contributed by atoms with Crippen molar-refractivity contribution in [3.8, 4) is 5.75 Å². The molecule has 0 aliphatic heterocycles. The zero-order valence-corrected chi connectivity index (χ0v) is 17.0. The van der Waals surface area contributed by atoms with Gasteiger partial charge in [-0.3, -0.25) is 4.79 Å². The summed E-state index contributed by atoms with van der Waals surface area (Å²) in [5.74, 6) is 0.134. The molecule has 0 atom stereocenters. The summed E-state index contributed by atoms with van der Waals surface area (Å²) >= 11 is 0. The molecule has 27 heavy (non-hydrogen) atoms. The summed E-state index contributed by atoms with van der Waals surface area (Å²) in [6, 6.07) is 11.8. The minimum atomic E-state index is -3.61. The van der Waals surface area contributed by atoms with Gasteiger partial charge in [0, 0.05) is 18.8 Å². The van der Waals surface area contributed by atoms with Crippen molar-refractivity contribution in [1.82, 2.24) is 4.31 Å². The Balaban J connectivity index is 2.35. The van der Waals surface area contributed by atoms with Crippen LogP contribution in [0.2, 0.25) is 0 Å². The Kier molecular flexibility index (Phi) is 6.98. The van der Waals surface area contributed by atoms with E-state index < -0.39 is 10.0 Å². The van der Waals surface area contributed by atoms with Crippen LogP contribution in [0.15, 0.2) is 47.4 Å². The number of rotatable bonds is 8. The van der Waals surface area contributed by atoms with Gasteiger partial charge in [0.15, 0.2) is 0 Å². The first-order valence-electron chi connectivity index (χ1n) is 8.99. The minimum Gasteiger partial charge on any atom is -0.493 e. The number of nitrogens with one attached hydrogen (secondary N) is 1. The largest absolute Gasteiger partial charge is 0.493 e. The van der Waals surface area contributed by atoms with Gasteiger partial charge < -0.3 is 10.1 Å². The van der Waals surface area contributed by atoms with Crippen LogP contribution >= 0.6 is 0 Å². The molecule has 6 nitrogen and oxygen atoms in total. The van der Waals surface area contributed by atoms with Crippen LogP contribution in [0, 0.1) is 6.92 Å². The fourth-order valence-corrected chi connectivity index (χ4v) is 4.50. The monoisotopic (exact) mass is 390 g/mol. The summed E-state index contributed by atoms with van der Waals surface area (Å²) in [6.07, 6.45) is 0. The lowest BCUT2D eigenvalue weighted by Gasteiger charge is -2.20. The maximum atomic E-state index is 12.9. The Labute approximate surface area is 161 Å². The molecular formula is C20H26N2O4S. The first-order valence-corrected chi connectivity index (χ1v) is 10.4. The second-order valence-electron chi connectivity index (χ2n) is 5.95. The summed E-state index contributed by atoms with van der Waals surface area (Å²) in [6.45, 7) is 8.40. The lowest BCUT2D eigenvalue weighted by atomic mass is 10.1. The number of amides is 1. The molecule has 0 saturated heterocycles. The SMILES string of the molecule is CCOc1ccccc1C(=O)Nc1ccc(C)c(S(=O)(=O)N(CC)CC)c1. The second kappa shape index (κ2) is 9.01. The molecule has 0 radical (unpaired) electrons. The molecule has 0 fully saturated rings. The van der Waals surface area contributed by atoms with Gasteiger partial charge in [-0.1, -0.05) is 32.0 Å². The molecule has 2 aromatic rings. The van der Waals surface area contributed by atoms with Gasteiger partial charge in [-0.05, 0) is 43.7 Å². The highest BCUT2D eigenvalue weighted by atomic mass is 32.2. The van der Waals surface area contributed by atoms with Crippen LogP contribution < -0.4 is 10.1 Å². The van der Waals surface area contributed by atoms with E-state index in [0.717, 1.165) is 0 Å². The van der Waals surface area contributed by atoms with Gasteiger partial charge in [0.25, 0.3) is 5.91 Å². The van der Waals surface area contributed by atoms with E-state index in [2.05, 4.69) is 5.32 Å². The number of sulfonamides is 1. The number of hydrogen-bond donors (Lipinski definition) is 1. The van der Waals surface area contributed by atoms with E-state index in [-0.39, 0.29) is 10.8 Å². The van der Waals surface area contributed by atoms with Crippen molar-refractivity contribution in [2.75, 3.05) is 25.0 Å². The van der Waals surface area contributed by atoms with Crippen LogP contribution in [-0.2, 0) is 10.0 Å². The third-order valence-corrected chi connectivity index (χ3v) is 6.39. The maximum Gasteiger partial charge on any atom is 0.259 e. The Morgan fingerprint density at radius 3 is 2.37 bits per heavy atom. The molecule has 7 heteroatoms. The summed E-state index contributed by atoms with van der Waals surface area (Å²) in [4.78, 5) is 12.8. The zero-order valence-electron chi connectivity index (χ0n) is 16.2. The molecule has 1 N–H and O–H groups in total. The molecule has 0 spiro atoms. The molecule has 0 aliphatic rings. The topological polar surface area (TPSA) is 75.7 Å². The van der Waals surface area contributed by atoms with E-state index in [1.54, 1.807) is 57.2 Å². The quantitative estimate of drug-likeness (QED) is 0.746. The molecule has 0 heterocycles. The molecule has 2 rings (SSSR count). The number of benzene rings is 2. The summed E-state index contributed by atoms with van der Waals surface area (Å²) < 4.78 is 32.6. The van der Waals surface area contributed by atoms with Gasteiger partial charge in [0.05, 0.1) is 17.1 Å². The molecule has 0 aliphatic carbocycles. The van der Waals surface area contributed by atoms with Crippen LogP contribution in [0.25, 0.3) is 0 Å². The van der Waals surface area contributed by atoms with Crippen molar-refractivity contribution in [3.63, 3.8) is 0 Å². The van der Waals surface area contributed by atoms with E-state index >= 15 is 0 Å². The Morgan fingerprint density at radius 2 is 1.74 bits per heavy atom. The van der Waals surface area contributed by atoms with E-state index in [9.17, 15) is 13.2 Å². The highest BCUT2D eigenvalue weighted by Gasteiger charge is 2.24. The summed E-state index contributed by atoms with van der Waals surface area (Å²) in [7, 11) is -3.61. The molecule has 146 valence electrons. The standard InChI is InChI=1S/C20H26N2O4S/c1-5-22(6-2)27(24,25)19-14-16(13-12-15(19)4)21-20(23)17-10-8-9-11-18(17)26-7-3/h8-14H,5-7H2,1-4H3,(H,21,23). The highest BCUT2D eigenvalue weighted by molar-refractivity contribution is 7.89. The van der Waals surface area contributed by atoms with Crippen molar-refractivity contribution < 1.29 is 17.9 Å². The average molecular weight is 391 g/mol. The lowest BCUT2D eigenvalue weighted by Crippen LogP contribution is -2.31. The number of para-hydroxylation sites is 1. The van der Waals surface area contributed by atoms with Gasteiger partial charge in [-0.15, -0.1) is 0 Å². The normalized spacial score (nSPS) is 11.4. The van der Waals surface area contributed by atoms with Gasteiger partial charge in [-0.2, -0.15) is 4.31 Å². The number of hydrogen-bond acceptors (Lipinski definition) is 4. The molecular weight excluding hydrogens is 364 g/mol. The average Bonchev–Trinajstić information content (AvgIpc) is 2.64. The highest BCUT2D eigenvalue weighted by Crippen LogP contribution is 2.25. The Hall–Kier alpha value is -2.38. The van der Waals surface area contributed by atoms with Gasteiger partial charge >= 0.3 is 0 Å². The van der Waals surface area contributed by atoms with Crippen molar-refractivity contribution in [3.05, 3.63) is 53.6 Å². The number of ether oxygens (including phenoxy) is 1. The summed E-state index contributed by atoms with van der Waals surface area (Å²) in [5, 5.41) is 2.77. The van der Waals surface area contributed by atoms with Gasteiger partial charge in [0.2, 0.25) is 10.0 Å². The maximum absolute atomic E-state index is 12.9. The Morgan fingerprint density at radius 1 is 1.07 bits per heavy atom. The minimum absolute atomic E-state index is 0.196. The van der Waals surface area contributed by atoms with Crippen molar-refractivity contribution >= 4 is 21.6 Å². The fourth-order valence-electron chi connectivity index (χ4n) is 2.79. The number of anilines is 1. The van der Waals surface area contributed by atoms with E-state index in [0.29, 0.717) is 42.3 Å². The predicted molar refractivity (Wildman–Crippen MR) is 107 cm³/mol. The summed E-state index contributed by atoms with van der Waals surface area (Å²) in [5.41, 5.74) is 1.45. The van der Waals surface area contributed by atoms with Crippen LogP contribution in [0.5, 0.6) is 5.75 Å². The van der Waals surface area contributed by atoms with Crippen molar-refractivity contribution in [2.24, 2.45) is 0 Å². The van der Waals surface area contributed by atoms with Crippen LogP contribution in [0.4, 0.5) is 5.69 Å². The molecule has 0 unspecified atom stereocenters. The van der Waals surface area contributed by atoms with Crippen LogP contribution in [-0.4, -0.2) is 38.3 Å². The molecule has 1 amide bonds. The molecule has 0 aromatic heterocycles. The second-order valence-corrected chi connectivity index (χ2v) is 7.86. The molecule has 0 bridgehead atoms. The van der Waals surface area contributed by atoms with Crippen LogP contribution in [0.1, 0.15) is 36.7 Å². The van der Waals surface area contributed by atoms with Crippen molar-refractivity contribution in [2.45, 2.75) is 32.6 Å². The molecule has 2 aromatic carbocycles. The van der Waals surface area contributed by atoms with Crippen molar-refractivity contribution in [1.29, 1.82) is 0 Å². The smallest absolute Gasteiger partial charge is 0.259 e. The zero-order chi connectivity index (χ0) is 20.0. The fraction of sp³-hybridized carbons (Fsp3) is 0.350.